The van der Waals surface area contributed by atoms with E-state index in [9.17, 15) is 0 Å². The van der Waals surface area contributed by atoms with Gasteiger partial charge in [-0.05, 0) is 37.0 Å². The number of benzene rings is 1. The quantitative estimate of drug-likeness (QED) is 0.625. The minimum absolute atomic E-state index is 0.467. The smallest absolute Gasteiger partial charge is 0.103 e. The molecule has 2 nitrogen and oxygen atoms in total. The second-order valence-electron chi connectivity index (χ2n) is 5.30. The van der Waals surface area contributed by atoms with E-state index in [-0.39, 0.29) is 0 Å². The third-order valence-electron chi connectivity index (χ3n) is 4.09. The third-order valence-corrected chi connectivity index (χ3v) is 4.09. The lowest BCUT2D eigenvalue weighted by atomic mass is 9.88. The summed E-state index contributed by atoms with van der Waals surface area (Å²) in [6, 6.07) is 8.60. The fraction of sp³-hybridized carbons (Fsp3) is 0.562. The molecule has 0 radical (unpaired) electrons. The average molecular weight is 244 g/mol. The van der Waals surface area contributed by atoms with Crippen LogP contribution >= 0.6 is 0 Å². The second-order valence-corrected chi connectivity index (χ2v) is 5.30. The van der Waals surface area contributed by atoms with E-state index in [1.165, 1.54) is 37.7 Å². The lowest BCUT2D eigenvalue weighted by Crippen LogP contribution is -2.33. The minimum Gasteiger partial charge on any atom is -0.333 e. The summed E-state index contributed by atoms with van der Waals surface area (Å²) in [5, 5.41) is 8.35. The summed E-state index contributed by atoms with van der Waals surface area (Å²) in [5.74, 6) is 1.26. The van der Waals surface area contributed by atoms with Crippen molar-refractivity contribution in [3.63, 3.8) is 0 Å². The molecule has 1 aromatic rings. The van der Waals surface area contributed by atoms with Crippen LogP contribution in [0.4, 0.5) is 5.69 Å². The molecule has 2 rings (SSSR count). The highest BCUT2D eigenvalue weighted by Crippen LogP contribution is 2.27. The summed E-state index contributed by atoms with van der Waals surface area (Å²) in [5.41, 5.74) is 2.50. The number of rotatable bonds is 3. The maximum absolute atomic E-state index is 8.35. The molecule has 98 valence electrons. The van der Waals surface area contributed by atoms with Crippen molar-refractivity contribution in [2.45, 2.75) is 45.4 Å². The number of nitrogens with zero attached hydrogens (tertiary/aromatic N) is 1. The van der Waals surface area contributed by atoms with Gasteiger partial charge in [-0.25, -0.2) is 0 Å². The second kappa shape index (κ2) is 6.03. The highest BCUT2D eigenvalue weighted by molar-refractivity contribution is 5.96. The van der Waals surface area contributed by atoms with E-state index in [0.29, 0.717) is 5.92 Å². The zero-order valence-corrected chi connectivity index (χ0v) is 11.6. The van der Waals surface area contributed by atoms with Crippen LogP contribution in [0.2, 0.25) is 0 Å². The summed E-state index contributed by atoms with van der Waals surface area (Å²) in [6.07, 6.45) is 7.38. The molecule has 2 heteroatoms. The topological polar surface area (TPSA) is 27.1 Å². The molecule has 18 heavy (non-hydrogen) atoms. The maximum Gasteiger partial charge on any atom is 0.103 e. The standard InChI is InChI=1S/C16H24N2/c1-3-13-9-11-15(12-10-13)18(2)16(17)14-7-5-4-6-8-14/h9-12,14,17H,3-8H2,1-2H3. The first-order valence-corrected chi connectivity index (χ1v) is 7.13. The Labute approximate surface area is 111 Å². The van der Waals surface area contributed by atoms with Crippen molar-refractivity contribution in [3.8, 4) is 0 Å². The Hall–Kier alpha value is -1.31. The van der Waals surface area contributed by atoms with Gasteiger partial charge in [-0.15, -0.1) is 0 Å². The van der Waals surface area contributed by atoms with E-state index >= 15 is 0 Å². The minimum atomic E-state index is 0.467. The molecular formula is C16H24N2. The van der Waals surface area contributed by atoms with Gasteiger partial charge >= 0.3 is 0 Å². The fourth-order valence-corrected chi connectivity index (χ4v) is 2.74. The molecule has 1 saturated carbocycles. The van der Waals surface area contributed by atoms with Crippen LogP contribution in [0.3, 0.4) is 0 Å². The molecule has 0 amide bonds. The summed E-state index contributed by atoms with van der Waals surface area (Å²) in [6.45, 7) is 2.17. The molecule has 1 aliphatic rings. The van der Waals surface area contributed by atoms with Gasteiger partial charge in [0, 0.05) is 18.7 Å². The number of aryl methyl sites for hydroxylation is 1. The Morgan fingerprint density at radius 3 is 2.33 bits per heavy atom. The highest BCUT2D eigenvalue weighted by atomic mass is 15.1. The molecule has 0 bridgehead atoms. The molecular weight excluding hydrogens is 220 g/mol. The van der Waals surface area contributed by atoms with Crippen LogP contribution in [-0.4, -0.2) is 12.9 Å². The Morgan fingerprint density at radius 1 is 1.17 bits per heavy atom. The zero-order chi connectivity index (χ0) is 13.0. The van der Waals surface area contributed by atoms with E-state index in [1.807, 2.05) is 7.05 Å². The first kappa shape index (κ1) is 13.1. The lowest BCUT2D eigenvalue weighted by molar-refractivity contribution is 0.435. The Morgan fingerprint density at radius 2 is 1.78 bits per heavy atom. The molecule has 1 N–H and O–H groups in total. The highest BCUT2D eigenvalue weighted by Gasteiger charge is 2.21. The van der Waals surface area contributed by atoms with Crippen LogP contribution in [-0.2, 0) is 6.42 Å². The van der Waals surface area contributed by atoms with E-state index in [0.717, 1.165) is 17.9 Å². The fourth-order valence-electron chi connectivity index (χ4n) is 2.74. The molecule has 0 spiro atoms. The normalized spacial score (nSPS) is 16.6. The molecule has 1 fully saturated rings. The molecule has 0 heterocycles. The van der Waals surface area contributed by atoms with Crippen molar-refractivity contribution in [1.82, 2.24) is 0 Å². The third kappa shape index (κ3) is 2.92. The van der Waals surface area contributed by atoms with Gasteiger partial charge in [-0.3, -0.25) is 5.41 Å². The SMILES string of the molecule is CCc1ccc(N(C)C(=N)C2CCCCC2)cc1. The van der Waals surface area contributed by atoms with Crippen molar-refractivity contribution < 1.29 is 0 Å². The summed E-state index contributed by atoms with van der Waals surface area (Å²) in [4.78, 5) is 2.05. The van der Waals surface area contributed by atoms with E-state index in [2.05, 4.69) is 36.1 Å². The largest absolute Gasteiger partial charge is 0.333 e. The number of hydrogen-bond donors (Lipinski definition) is 1. The number of nitrogens with one attached hydrogen (secondary N) is 1. The summed E-state index contributed by atoms with van der Waals surface area (Å²) >= 11 is 0. The predicted molar refractivity (Wildman–Crippen MR) is 78.5 cm³/mol. The number of anilines is 1. The first-order valence-electron chi connectivity index (χ1n) is 7.13. The van der Waals surface area contributed by atoms with Gasteiger partial charge in [0.2, 0.25) is 0 Å². The van der Waals surface area contributed by atoms with Gasteiger partial charge < -0.3 is 4.90 Å². The number of amidine groups is 1. The van der Waals surface area contributed by atoms with Crippen molar-refractivity contribution in [1.29, 1.82) is 5.41 Å². The van der Waals surface area contributed by atoms with Gasteiger partial charge in [-0.1, -0.05) is 38.3 Å². The Bertz CT molecular complexity index is 388. The van der Waals surface area contributed by atoms with Gasteiger partial charge in [0.25, 0.3) is 0 Å². The Balaban J connectivity index is 2.04. The zero-order valence-electron chi connectivity index (χ0n) is 11.6. The van der Waals surface area contributed by atoms with Crippen molar-refractivity contribution in [2.24, 2.45) is 5.92 Å². The van der Waals surface area contributed by atoms with Gasteiger partial charge in [0.15, 0.2) is 0 Å². The maximum atomic E-state index is 8.35. The van der Waals surface area contributed by atoms with Gasteiger partial charge in [0.05, 0.1) is 0 Å². The van der Waals surface area contributed by atoms with Crippen LogP contribution in [0.5, 0.6) is 0 Å². The van der Waals surface area contributed by atoms with Crippen molar-refractivity contribution in [2.75, 3.05) is 11.9 Å². The van der Waals surface area contributed by atoms with E-state index in [1.54, 1.807) is 0 Å². The van der Waals surface area contributed by atoms with Crippen LogP contribution in [0.1, 0.15) is 44.6 Å². The molecule has 0 saturated heterocycles. The van der Waals surface area contributed by atoms with Crippen LogP contribution in [0, 0.1) is 11.3 Å². The lowest BCUT2D eigenvalue weighted by Gasteiger charge is -2.29. The number of hydrogen-bond acceptors (Lipinski definition) is 1. The van der Waals surface area contributed by atoms with E-state index in [4.69, 9.17) is 5.41 Å². The molecule has 0 unspecified atom stereocenters. The van der Waals surface area contributed by atoms with Crippen LogP contribution < -0.4 is 4.90 Å². The molecule has 0 aromatic heterocycles. The summed E-state index contributed by atoms with van der Waals surface area (Å²) in [7, 11) is 2.03. The predicted octanol–water partition coefficient (Wildman–Crippen LogP) is 4.24. The summed E-state index contributed by atoms with van der Waals surface area (Å²) < 4.78 is 0. The van der Waals surface area contributed by atoms with E-state index < -0.39 is 0 Å². The van der Waals surface area contributed by atoms with Gasteiger partial charge in [-0.2, -0.15) is 0 Å². The molecule has 1 aliphatic carbocycles. The molecule has 1 aromatic carbocycles. The van der Waals surface area contributed by atoms with Crippen molar-refractivity contribution in [3.05, 3.63) is 29.8 Å². The molecule has 0 atom stereocenters. The van der Waals surface area contributed by atoms with Crippen molar-refractivity contribution >= 4 is 11.5 Å². The monoisotopic (exact) mass is 244 g/mol. The van der Waals surface area contributed by atoms with Crippen LogP contribution in [0.25, 0.3) is 0 Å². The van der Waals surface area contributed by atoms with Crippen LogP contribution in [0.15, 0.2) is 24.3 Å². The molecule has 0 aliphatic heterocycles. The first-order chi connectivity index (χ1) is 8.72. The van der Waals surface area contributed by atoms with Gasteiger partial charge in [0.1, 0.15) is 5.84 Å². The Kier molecular flexibility index (Phi) is 4.40. The average Bonchev–Trinajstić information content (AvgIpc) is 2.47.